The Morgan fingerprint density at radius 1 is 0.361 bits per heavy atom. The first-order valence-electron chi connectivity index (χ1n) is 28.2. The number of carbonyl (C=O) groups is 1. The molecule has 0 aliphatic heterocycles. The van der Waals surface area contributed by atoms with Gasteiger partial charge in [0.15, 0.2) is 0 Å². The summed E-state index contributed by atoms with van der Waals surface area (Å²) in [7, 11) is 0. The van der Waals surface area contributed by atoms with Crippen LogP contribution < -0.4 is 18.9 Å². The number of carboxylic acid groups (broad SMARTS) is 1. The number of benzene rings is 5. The van der Waals surface area contributed by atoms with Gasteiger partial charge in [-0.15, -0.1) is 11.3 Å². The second-order valence-electron chi connectivity index (χ2n) is 19.7. The third-order valence-electron chi connectivity index (χ3n) is 13.8. The topological polar surface area (TPSA) is 74.2 Å². The van der Waals surface area contributed by atoms with Crippen molar-refractivity contribution in [3.63, 3.8) is 0 Å². The summed E-state index contributed by atoms with van der Waals surface area (Å²) in [5, 5.41) is 11.6. The molecule has 1 heterocycles. The smallest absolute Gasteiger partial charge is 0.345 e. The van der Waals surface area contributed by atoms with Crippen LogP contribution in [0.15, 0.2) is 103 Å². The van der Waals surface area contributed by atoms with E-state index in [0.717, 1.165) is 103 Å². The van der Waals surface area contributed by atoms with Gasteiger partial charge in [0.1, 0.15) is 27.9 Å². The molecule has 0 bridgehead atoms. The molecule has 0 saturated heterocycles. The second kappa shape index (κ2) is 32.0. The zero-order valence-electron chi connectivity index (χ0n) is 44.5. The van der Waals surface area contributed by atoms with Gasteiger partial charge >= 0.3 is 5.97 Å². The lowest BCUT2D eigenvalue weighted by molar-refractivity contribution is 0.0702. The molecule has 0 amide bonds. The Hall–Kier alpha value is -5.27. The molecule has 0 fully saturated rings. The number of aromatic carboxylic acids is 1. The molecule has 6 rings (SSSR count). The van der Waals surface area contributed by atoms with E-state index >= 15 is 0 Å². The van der Waals surface area contributed by atoms with Gasteiger partial charge in [-0.05, 0) is 119 Å². The molecular formula is C65H86O6S. The van der Waals surface area contributed by atoms with Crippen LogP contribution in [0.1, 0.15) is 191 Å². The first kappa shape index (κ1) is 56.0. The number of ether oxygens (including phenoxy) is 4. The zero-order chi connectivity index (χ0) is 50.6. The monoisotopic (exact) mass is 995 g/mol. The van der Waals surface area contributed by atoms with E-state index in [9.17, 15) is 9.90 Å². The van der Waals surface area contributed by atoms with Gasteiger partial charge < -0.3 is 24.1 Å². The highest BCUT2D eigenvalue weighted by Gasteiger charge is 2.27. The lowest BCUT2D eigenvalue weighted by Gasteiger charge is -2.23. The van der Waals surface area contributed by atoms with Crippen molar-refractivity contribution in [2.75, 3.05) is 26.4 Å². The Kier molecular flexibility index (Phi) is 24.9. The molecule has 5 aromatic carbocycles. The van der Waals surface area contributed by atoms with Crippen molar-refractivity contribution in [2.24, 2.45) is 0 Å². The molecule has 388 valence electrons. The molecule has 0 saturated carbocycles. The summed E-state index contributed by atoms with van der Waals surface area (Å²) in [5.74, 6) is 2.42. The molecule has 0 radical (unpaired) electrons. The van der Waals surface area contributed by atoms with E-state index in [0.29, 0.717) is 31.3 Å². The van der Waals surface area contributed by atoms with E-state index in [2.05, 4.69) is 125 Å². The molecule has 6 nitrogen and oxygen atoms in total. The van der Waals surface area contributed by atoms with Crippen LogP contribution in [0.5, 0.6) is 23.0 Å². The molecular weight excluding hydrogens is 909 g/mol. The highest BCUT2D eigenvalue weighted by Crippen LogP contribution is 2.53. The Bertz CT molecular complexity index is 2270. The van der Waals surface area contributed by atoms with E-state index in [4.69, 9.17) is 18.9 Å². The van der Waals surface area contributed by atoms with Crippen LogP contribution >= 0.6 is 11.3 Å². The van der Waals surface area contributed by atoms with Crippen LogP contribution in [0.25, 0.3) is 54.6 Å². The van der Waals surface area contributed by atoms with Gasteiger partial charge in [-0.3, -0.25) is 0 Å². The maximum atomic E-state index is 13.0. The zero-order valence-corrected chi connectivity index (χ0v) is 45.3. The van der Waals surface area contributed by atoms with Crippen LogP contribution in [0, 0.1) is 0 Å². The van der Waals surface area contributed by atoms with Crippen LogP contribution in [0.2, 0.25) is 0 Å². The Balaban J connectivity index is 1.45. The Morgan fingerprint density at radius 2 is 0.625 bits per heavy atom. The summed E-state index contributed by atoms with van der Waals surface area (Å²) in [6, 6.07) is 35.8. The minimum absolute atomic E-state index is 0.297. The number of thiophene rings is 1. The van der Waals surface area contributed by atoms with Crippen LogP contribution in [-0.4, -0.2) is 37.5 Å². The lowest BCUT2D eigenvalue weighted by Crippen LogP contribution is -2.00. The highest BCUT2D eigenvalue weighted by atomic mass is 32.1. The molecule has 1 aromatic heterocycles. The molecule has 7 heteroatoms. The molecule has 0 aliphatic rings. The molecule has 0 atom stereocenters. The first-order valence-corrected chi connectivity index (χ1v) is 29.1. The third-order valence-corrected chi connectivity index (χ3v) is 15.0. The molecule has 72 heavy (non-hydrogen) atoms. The van der Waals surface area contributed by atoms with Crippen molar-refractivity contribution < 1.29 is 28.8 Å². The normalized spacial score (nSPS) is 11.3. The number of unbranched alkanes of at least 4 members (excludes halogenated alkanes) is 20. The van der Waals surface area contributed by atoms with Crippen LogP contribution in [0.4, 0.5) is 0 Å². The second-order valence-corrected chi connectivity index (χ2v) is 20.8. The van der Waals surface area contributed by atoms with Crippen molar-refractivity contribution in [3.05, 3.63) is 108 Å². The van der Waals surface area contributed by atoms with E-state index in [1.165, 1.54) is 140 Å². The fraction of sp³-hybridized carbons (Fsp3) is 0.492. The summed E-state index contributed by atoms with van der Waals surface area (Å²) in [6.07, 6.45) is 29.0. The highest BCUT2D eigenvalue weighted by molar-refractivity contribution is 7.21. The molecule has 0 aliphatic carbocycles. The fourth-order valence-electron chi connectivity index (χ4n) is 9.68. The van der Waals surface area contributed by atoms with Gasteiger partial charge in [-0.1, -0.05) is 205 Å². The van der Waals surface area contributed by atoms with E-state index in [1.54, 1.807) is 0 Å². The van der Waals surface area contributed by atoms with E-state index in [1.807, 2.05) is 6.07 Å². The lowest BCUT2D eigenvalue weighted by atomic mass is 9.81. The average molecular weight is 995 g/mol. The Morgan fingerprint density at radius 3 is 0.931 bits per heavy atom. The van der Waals surface area contributed by atoms with Gasteiger partial charge in [-0.25, -0.2) is 4.79 Å². The van der Waals surface area contributed by atoms with Gasteiger partial charge in [0, 0.05) is 15.6 Å². The first-order chi connectivity index (χ1) is 35.4. The summed E-state index contributed by atoms with van der Waals surface area (Å²) < 4.78 is 26.2. The Labute approximate surface area is 437 Å². The largest absolute Gasteiger partial charge is 0.494 e. The summed E-state index contributed by atoms with van der Waals surface area (Å²) >= 11 is 1.34. The van der Waals surface area contributed by atoms with Gasteiger partial charge in [0.05, 0.1) is 26.4 Å². The van der Waals surface area contributed by atoms with Crippen LogP contribution in [0.3, 0.4) is 0 Å². The quantitative estimate of drug-likeness (QED) is 0.0392. The van der Waals surface area contributed by atoms with E-state index in [-0.39, 0.29) is 0 Å². The summed E-state index contributed by atoms with van der Waals surface area (Å²) in [6.45, 7) is 11.7. The minimum Gasteiger partial charge on any atom is -0.494 e. The fourth-order valence-corrected chi connectivity index (χ4v) is 10.8. The number of hydrogen-bond donors (Lipinski definition) is 1. The maximum Gasteiger partial charge on any atom is 0.345 e. The SMILES string of the molecule is CCCCCCCCOc1ccc(-c2c(-c3ccc(OCCCCCCCC)cc3)c(-c3ccc(OCCCCCCCC)cc3)c3sc(C(=O)O)cc3c2-c2ccc(OCCCCCCCC)cc2)cc1. The summed E-state index contributed by atoms with van der Waals surface area (Å²) in [4.78, 5) is 13.3. The third kappa shape index (κ3) is 17.5. The molecule has 6 aromatic rings. The average Bonchev–Trinajstić information content (AvgIpc) is 3.86. The van der Waals surface area contributed by atoms with Crippen molar-refractivity contribution in [1.82, 2.24) is 0 Å². The maximum absolute atomic E-state index is 13.0. The minimum atomic E-state index is -0.938. The van der Waals surface area contributed by atoms with Gasteiger partial charge in [-0.2, -0.15) is 0 Å². The van der Waals surface area contributed by atoms with Crippen molar-refractivity contribution in [2.45, 2.75) is 182 Å². The van der Waals surface area contributed by atoms with Crippen molar-refractivity contribution >= 4 is 27.4 Å². The molecule has 0 unspecified atom stereocenters. The van der Waals surface area contributed by atoms with Crippen molar-refractivity contribution in [1.29, 1.82) is 0 Å². The number of fused-ring (bicyclic) bond motifs is 1. The predicted octanol–water partition coefficient (Wildman–Crippen LogP) is 20.2. The number of hydrogen-bond acceptors (Lipinski definition) is 6. The van der Waals surface area contributed by atoms with E-state index < -0.39 is 5.97 Å². The molecule has 1 N–H and O–H groups in total. The standard InChI is InChI=1S/C65H86O6S/c1-5-9-13-17-21-25-45-68-54-37-29-50(30-38-54)60-58-49-59(65(66)67)72-64(58)63(53-35-43-57(44-36-53)71-48-28-24-20-16-12-8-4)62(52-33-41-56(42-34-52)70-47-27-23-19-15-11-7-3)61(60)51-31-39-55(40-32-51)69-46-26-22-18-14-10-6-2/h29-44,49H,5-28,45-48H2,1-4H3,(H,66,67). The van der Waals surface area contributed by atoms with Gasteiger partial charge in [0.25, 0.3) is 0 Å². The summed E-state index contributed by atoms with van der Waals surface area (Å²) in [5.41, 5.74) is 8.06. The van der Waals surface area contributed by atoms with Crippen LogP contribution in [-0.2, 0) is 0 Å². The number of rotatable bonds is 37. The number of carboxylic acids is 1. The van der Waals surface area contributed by atoms with Crippen molar-refractivity contribution in [3.8, 4) is 67.5 Å². The van der Waals surface area contributed by atoms with Gasteiger partial charge in [0.2, 0.25) is 0 Å². The molecule has 0 spiro atoms. The predicted molar refractivity (Wildman–Crippen MR) is 306 cm³/mol.